The second-order valence-electron chi connectivity index (χ2n) is 15.4. The first-order valence-electron chi connectivity index (χ1n) is 17.8. The maximum absolute atomic E-state index is 16.0. The van der Waals surface area contributed by atoms with Crippen molar-refractivity contribution < 1.29 is 42.6 Å². The largest absolute Gasteiger partial charge is 0.457 e. The summed E-state index contributed by atoms with van der Waals surface area (Å²) >= 11 is 0. The van der Waals surface area contributed by atoms with Crippen LogP contribution in [0.2, 0.25) is 0 Å². The van der Waals surface area contributed by atoms with E-state index in [4.69, 9.17) is 4.74 Å². The summed E-state index contributed by atoms with van der Waals surface area (Å²) in [6, 6.07) is 6.97. The van der Waals surface area contributed by atoms with E-state index in [9.17, 15) is 14.7 Å². The average molecular weight is 816 g/mol. The molecule has 54 heavy (non-hydrogen) atoms. The molecule has 2 aromatic rings. The molecule has 2 N–H and O–H groups in total. The van der Waals surface area contributed by atoms with Gasteiger partial charge in [-0.2, -0.15) is 0 Å². The Morgan fingerprint density at radius 2 is 1.54 bits per heavy atom. The third-order valence-electron chi connectivity index (χ3n) is 13.5. The number of carbonyl (C=O) groups excluding carboxylic acids is 5. The van der Waals surface area contributed by atoms with Crippen molar-refractivity contribution in [3.63, 3.8) is 0 Å². The lowest BCUT2D eigenvalue weighted by atomic mass is 9.51. The number of esters is 1. The Bertz CT molecular complexity index is 2190. The second-order valence-corrected chi connectivity index (χ2v) is 20.8. The number of aliphatic hydroxyl groups excluding tert-OH is 1. The minimum Gasteiger partial charge on any atom is -0.457 e. The summed E-state index contributed by atoms with van der Waals surface area (Å²) < 4.78 is 38.5. The molecule has 8 fully saturated rings. The fourth-order valence-corrected chi connectivity index (χ4v) is 18.7. The molecule has 0 unspecified atom stereocenters. The van der Waals surface area contributed by atoms with Crippen LogP contribution in [0.15, 0.2) is 36.4 Å². The molecule has 2 aromatic carbocycles. The SMILES string of the molecule is CCCC(=O)O[C@H]1[C@]2([C@@]34c5cc(F)ccc5C[C@@H]3N3C(=O)[C@]5(CC)SS[C@]3(C(=O)N5C)[C@H]4O)c3cc(F)ccc3N[C@@H]2N2C(=O)[C@]3(C)SS[C@]12C(=O)N3C. The number of aliphatic hydroxyl groups is 1. The van der Waals surface area contributed by atoms with Crippen molar-refractivity contribution in [2.24, 2.45) is 0 Å². The van der Waals surface area contributed by atoms with Crippen LogP contribution in [0.4, 0.5) is 14.5 Å². The zero-order valence-electron chi connectivity index (χ0n) is 29.7. The summed E-state index contributed by atoms with van der Waals surface area (Å²) in [6.07, 6.45) is -4.22. The van der Waals surface area contributed by atoms with E-state index in [0.29, 0.717) is 17.7 Å². The van der Waals surface area contributed by atoms with Gasteiger partial charge in [0.25, 0.3) is 23.6 Å². The first kappa shape index (κ1) is 35.2. The fraction of sp³-hybridized carbons (Fsp3) is 0.528. The van der Waals surface area contributed by atoms with E-state index in [1.165, 1.54) is 74.8 Å². The highest BCUT2D eigenvalue weighted by Gasteiger charge is 2.93. The van der Waals surface area contributed by atoms with E-state index in [0.717, 1.165) is 32.4 Å². The number of nitrogens with zero attached hydrogens (tertiary/aromatic N) is 4. The molecule has 0 radical (unpaired) electrons. The van der Waals surface area contributed by atoms with Crippen molar-refractivity contribution in [1.82, 2.24) is 19.6 Å². The van der Waals surface area contributed by atoms with Crippen molar-refractivity contribution >= 4 is 78.5 Å². The molecule has 12 nitrogen and oxygen atoms in total. The van der Waals surface area contributed by atoms with Crippen LogP contribution in [0.1, 0.15) is 56.7 Å². The number of nitrogens with one attached hydrogen (secondary N) is 1. The van der Waals surface area contributed by atoms with Crippen LogP contribution in [0.3, 0.4) is 0 Å². The van der Waals surface area contributed by atoms with Gasteiger partial charge < -0.3 is 29.9 Å². The van der Waals surface area contributed by atoms with Gasteiger partial charge in [0.1, 0.15) is 23.9 Å². The van der Waals surface area contributed by atoms with Crippen LogP contribution in [-0.2, 0) is 46.0 Å². The van der Waals surface area contributed by atoms with Crippen molar-refractivity contribution in [3.05, 3.63) is 64.7 Å². The molecule has 0 saturated carbocycles. The lowest BCUT2D eigenvalue weighted by Crippen LogP contribution is -2.77. The van der Waals surface area contributed by atoms with Crippen LogP contribution in [0.5, 0.6) is 0 Å². The van der Waals surface area contributed by atoms with E-state index in [1.54, 1.807) is 26.8 Å². The highest BCUT2D eigenvalue weighted by Crippen LogP contribution is 2.79. The molecule has 1 aliphatic carbocycles. The number of likely N-dealkylation sites (N-methyl/N-ethyl adjacent to an activating group) is 2. The first-order chi connectivity index (χ1) is 25.6. The molecule has 4 amide bonds. The maximum Gasteiger partial charge on any atom is 0.306 e. The molecule has 18 heteroatoms. The van der Waals surface area contributed by atoms with Gasteiger partial charge in [-0.05, 0) is 94.8 Å². The van der Waals surface area contributed by atoms with Gasteiger partial charge in [-0.3, -0.25) is 28.9 Å². The van der Waals surface area contributed by atoms with Crippen molar-refractivity contribution in [1.29, 1.82) is 0 Å². The molecule has 9 heterocycles. The van der Waals surface area contributed by atoms with Crippen LogP contribution in [0, 0.1) is 11.6 Å². The van der Waals surface area contributed by atoms with Gasteiger partial charge in [-0.1, -0.05) is 41.5 Å². The van der Waals surface area contributed by atoms with Gasteiger partial charge in [0.05, 0.1) is 16.9 Å². The average Bonchev–Trinajstić information content (AvgIpc) is 3.79. The Labute approximate surface area is 324 Å². The molecule has 9 aliphatic heterocycles. The van der Waals surface area contributed by atoms with Crippen LogP contribution < -0.4 is 5.32 Å². The Morgan fingerprint density at radius 3 is 2.24 bits per heavy atom. The summed E-state index contributed by atoms with van der Waals surface area (Å²) in [5.74, 6) is -4.07. The Kier molecular flexibility index (Phi) is 6.92. The third-order valence-corrected chi connectivity index (χ3v) is 21.0. The summed E-state index contributed by atoms with van der Waals surface area (Å²) in [5.41, 5.74) is -2.68. The molecule has 4 bridgehead atoms. The molecule has 2 spiro atoms. The normalized spacial score (nSPS) is 41.9. The summed E-state index contributed by atoms with van der Waals surface area (Å²) in [6.45, 7) is 5.21. The van der Waals surface area contributed by atoms with E-state index < -0.39 is 96.0 Å². The molecular weight excluding hydrogens is 781 g/mol. The van der Waals surface area contributed by atoms with Crippen molar-refractivity contribution in [2.75, 3.05) is 19.4 Å². The van der Waals surface area contributed by atoms with Gasteiger partial charge in [0.2, 0.25) is 9.74 Å². The minimum absolute atomic E-state index is 0.0470. The van der Waals surface area contributed by atoms with Crippen LogP contribution >= 0.6 is 43.2 Å². The third kappa shape index (κ3) is 3.30. The Morgan fingerprint density at radius 1 is 0.870 bits per heavy atom. The van der Waals surface area contributed by atoms with Crippen molar-refractivity contribution in [3.8, 4) is 0 Å². The zero-order chi connectivity index (χ0) is 38.3. The number of hydrogen-bond acceptors (Lipinski definition) is 12. The van der Waals surface area contributed by atoms with E-state index >= 15 is 23.2 Å². The maximum atomic E-state index is 16.0. The zero-order valence-corrected chi connectivity index (χ0v) is 32.9. The number of piperazine rings is 2. The molecule has 0 aromatic heterocycles. The minimum atomic E-state index is -2.00. The van der Waals surface area contributed by atoms with Gasteiger partial charge in [0, 0.05) is 26.2 Å². The topological polar surface area (TPSA) is 140 Å². The van der Waals surface area contributed by atoms with Gasteiger partial charge in [-0.15, -0.1) is 0 Å². The lowest BCUT2D eigenvalue weighted by molar-refractivity contribution is -0.172. The second kappa shape index (κ2) is 10.6. The quantitative estimate of drug-likeness (QED) is 0.338. The monoisotopic (exact) mass is 815 g/mol. The van der Waals surface area contributed by atoms with Gasteiger partial charge in [0.15, 0.2) is 15.8 Å². The summed E-state index contributed by atoms with van der Waals surface area (Å²) in [4.78, 5) is 73.2. The van der Waals surface area contributed by atoms with E-state index in [2.05, 4.69) is 5.32 Å². The number of fused-ring (bicyclic) bond motifs is 11. The van der Waals surface area contributed by atoms with Crippen LogP contribution in [0.25, 0.3) is 0 Å². The first-order valence-corrected chi connectivity index (χ1v) is 22.1. The standard InChI is InChI=1S/C36H35F2N5O7S4/c1-6-8-23(44)50-25-34(20-15-18(38)11-12-21(20)39-26(34)43-27(46)31(3)40(4)30(49)36(25,43)54-51-31)33-19-14-17(37)10-9-16(19)13-22(33)42-28(47)32(7-2)41(5)29(48)35(42,24(33)45)53-52-32/h9-12,14-15,22,24-26,39,45H,6-8,13H2,1-5H3/t22-,24-,25-,26+,31-,32-,33-,34+,35-,36-/m0/s1. The number of amides is 4. The highest BCUT2D eigenvalue weighted by atomic mass is 33.1. The Hall–Kier alpha value is -3.19. The van der Waals surface area contributed by atoms with E-state index in [1.807, 2.05) is 0 Å². The molecule has 10 atom stereocenters. The molecular formula is C36H35F2N5O7S4. The molecule has 10 aliphatic rings. The Balaban J connectivity index is 1.38. The van der Waals surface area contributed by atoms with E-state index in [-0.39, 0.29) is 30.4 Å². The fourth-order valence-electron chi connectivity index (χ4n) is 11.2. The smallest absolute Gasteiger partial charge is 0.306 e. The number of rotatable bonds is 5. The predicted molar refractivity (Wildman–Crippen MR) is 198 cm³/mol. The number of ether oxygens (including phenoxy) is 1. The number of hydrogen-bond donors (Lipinski definition) is 2. The molecule has 8 saturated heterocycles. The summed E-state index contributed by atoms with van der Waals surface area (Å²) in [5, 5.41) is 17.1. The van der Waals surface area contributed by atoms with Crippen LogP contribution in [-0.4, -0.2) is 112 Å². The van der Waals surface area contributed by atoms with Gasteiger partial charge in [-0.25, -0.2) is 8.78 Å². The molecule has 12 rings (SSSR count). The molecule has 284 valence electrons. The number of anilines is 1. The van der Waals surface area contributed by atoms with Gasteiger partial charge >= 0.3 is 5.97 Å². The predicted octanol–water partition coefficient (Wildman–Crippen LogP) is 3.52. The summed E-state index contributed by atoms with van der Waals surface area (Å²) in [7, 11) is 7.49. The number of halogens is 2. The van der Waals surface area contributed by atoms with Crippen molar-refractivity contribution in [2.45, 2.75) is 101 Å². The highest BCUT2D eigenvalue weighted by molar-refractivity contribution is 8.78. The number of benzene rings is 2. The number of carbonyl (C=O) groups is 5. The lowest BCUT2D eigenvalue weighted by Gasteiger charge is -2.59.